The van der Waals surface area contributed by atoms with Gasteiger partial charge in [-0.3, -0.25) is 0 Å². The van der Waals surface area contributed by atoms with Gasteiger partial charge in [0.25, 0.3) is 0 Å². The molecule has 6 heteroatoms. The molecule has 2 aliphatic carbocycles. The molecule has 16 rings (SSSR count). The molecule has 0 atom stereocenters. The molecule has 14 aromatic rings. The average Bonchev–Trinajstić information content (AvgIpc) is 4.23. The smallest absolute Gasteiger partial charge is 0.164 e. The van der Waals surface area contributed by atoms with Crippen LogP contribution in [0.3, 0.4) is 0 Å². The predicted octanol–water partition coefficient (Wildman–Crippen LogP) is 17.5. The van der Waals surface area contributed by atoms with Crippen molar-refractivity contribution in [3.63, 3.8) is 0 Å². The number of nitrogens with zero attached hydrogens (tertiary/aromatic N) is 3. The van der Waals surface area contributed by atoms with Gasteiger partial charge in [-0.15, -0.1) is 22.7 Å². The molecule has 4 aromatic heterocycles. The molecule has 0 radical (unpaired) electrons. The minimum absolute atomic E-state index is 0.427. The molecule has 70 heavy (non-hydrogen) atoms. The first-order valence-electron chi connectivity index (χ1n) is 23.7. The van der Waals surface area contributed by atoms with Crippen LogP contribution in [0.25, 0.3) is 130 Å². The molecule has 0 N–H and O–H groups in total. The molecule has 4 heterocycles. The lowest BCUT2D eigenvalue weighted by molar-refractivity contribution is 0.669. The SMILES string of the molecule is c1ccc2c(c1)-c1ccccc1C21c2ccccc2-c2ccc(-c3ccc4oc5cccc(-c6nc(-c7ccc8sc9ccccc9c8c7)nc(-c7cccc8sc9ccccc9c78)n6)c5c4c3)cc21. The summed E-state index contributed by atoms with van der Waals surface area (Å²) in [6.45, 7) is 0. The first kappa shape index (κ1) is 38.4. The fourth-order valence-corrected chi connectivity index (χ4v) is 14.3. The summed E-state index contributed by atoms with van der Waals surface area (Å²) in [4.78, 5) is 16.2. The molecule has 0 aliphatic heterocycles. The van der Waals surface area contributed by atoms with Crippen molar-refractivity contribution in [3.05, 3.63) is 235 Å². The van der Waals surface area contributed by atoms with Crippen molar-refractivity contribution in [1.29, 1.82) is 0 Å². The van der Waals surface area contributed by atoms with E-state index in [0.717, 1.165) is 55.1 Å². The number of hydrogen-bond donors (Lipinski definition) is 0. The number of fused-ring (bicyclic) bond motifs is 19. The van der Waals surface area contributed by atoms with Gasteiger partial charge in [-0.1, -0.05) is 152 Å². The van der Waals surface area contributed by atoms with Crippen molar-refractivity contribution < 1.29 is 4.42 Å². The van der Waals surface area contributed by atoms with Crippen LogP contribution < -0.4 is 0 Å². The summed E-state index contributed by atoms with van der Waals surface area (Å²) in [5, 5.41) is 6.78. The molecule has 2 aliphatic rings. The second-order valence-corrected chi connectivity index (χ2v) is 20.7. The van der Waals surface area contributed by atoms with Crippen molar-refractivity contribution in [2.24, 2.45) is 0 Å². The van der Waals surface area contributed by atoms with E-state index < -0.39 is 5.41 Å². The Morgan fingerprint density at radius 3 is 1.54 bits per heavy atom. The van der Waals surface area contributed by atoms with Crippen LogP contribution in [0.4, 0.5) is 0 Å². The van der Waals surface area contributed by atoms with Crippen molar-refractivity contribution >= 4 is 85.0 Å². The van der Waals surface area contributed by atoms with Gasteiger partial charge in [-0.2, -0.15) is 0 Å². The van der Waals surface area contributed by atoms with Gasteiger partial charge in [0.05, 0.1) is 5.41 Å². The molecule has 0 fully saturated rings. The molecule has 10 aromatic carbocycles. The number of aromatic nitrogens is 3. The van der Waals surface area contributed by atoms with E-state index in [2.05, 4.69) is 212 Å². The van der Waals surface area contributed by atoms with Gasteiger partial charge in [-0.25, -0.2) is 15.0 Å². The van der Waals surface area contributed by atoms with E-state index in [1.165, 1.54) is 79.5 Å². The van der Waals surface area contributed by atoms with Gasteiger partial charge in [0, 0.05) is 67.8 Å². The first-order valence-corrected chi connectivity index (χ1v) is 25.3. The highest BCUT2D eigenvalue weighted by Gasteiger charge is 2.51. The number of hydrogen-bond acceptors (Lipinski definition) is 6. The van der Waals surface area contributed by atoms with E-state index in [-0.39, 0.29) is 0 Å². The molecule has 324 valence electrons. The van der Waals surface area contributed by atoms with E-state index >= 15 is 0 Å². The van der Waals surface area contributed by atoms with Crippen molar-refractivity contribution in [2.75, 3.05) is 0 Å². The summed E-state index contributed by atoms with van der Waals surface area (Å²) in [6.07, 6.45) is 0. The fraction of sp³-hybridized carbons (Fsp3) is 0.0156. The van der Waals surface area contributed by atoms with Crippen LogP contribution >= 0.6 is 22.7 Å². The zero-order chi connectivity index (χ0) is 45.7. The van der Waals surface area contributed by atoms with Crippen molar-refractivity contribution in [1.82, 2.24) is 15.0 Å². The quantitative estimate of drug-likeness (QED) is 0.176. The van der Waals surface area contributed by atoms with Gasteiger partial charge in [0.2, 0.25) is 0 Å². The summed E-state index contributed by atoms with van der Waals surface area (Å²) in [5.74, 6) is 1.86. The molecule has 1 spiro atoms. The zero-order valence-electron chi connectivity index (χ0n) is 37.3. The second-order valence-electron chi connectivity index (χ2n) is 18.5. The van der Waals surface area contributed by atoms with Crippen LogP contribution in [-0.2, 0) is 5.41 Å². The average molecular weight is 926 g/mol. The van der Waals surface area contributed by atoms with Crippen LogP contribution in [0.2, 0.25) is 0 Å². The van der Waals surface area contributed by atoms with E-state index in [9.17, 15) is 0 Å². The van der Waals surface area contributed by atoms with Crippen molar-refractivity contribution in [2.45, 2.75) is 5.41 Å². The lowest BCUT2D eigenvalue weighted by atomic mass is 9.70. The summed E-state index contributed by atoms with van der Waals surface area (Å²) >= 11 is 3.61. The van der Waals surface area contributed by atoms with Crippen LogP contribution in [0, 0.1) is 0 Å². The highest BCUT2D eigenvalue weighted by atomic mass is 32.1. The minimum atomic E-state index is -0.427. The van der Waals surface area contributed by atoms with Crippen molar-refractivity contribution in [3.8, 4) is 67.5 Å². The molecule has 0 amide bonds. The molecule has 0 saturated carbocycles. The lowest BCUT2D eigenvalue weighted by Crippen LogP contribution is -2.25. The van der Waals surface area contributed by atoms with Crippen LogP contribution in [0.15, 0.2) is 217 Å². The Balaban J connectivity index is 0.908. The van der Waals surface area contributed by atoms with Crippen LogP contribution in [0.1, 0.15) is 22.3 Å². The minimum Gasteiger partial charge on any atom is -0.456 e. The zero-order valence-corrected chi connectivity index (χ0v) is 38.9. The van der Waals surface area contributed by atoms with Crippen LogP contribution in [-0.4, -0.2) is 15.0 Å². The predicted molar refractivity (Wildman–Crippen MR) is 291 cm³/mol. The number of thiophene rings is 2. The summed E-state index contributed by atoms with van der Waals surface area (Å²) in [5.41, 5.74) is 16.8. The van der Waals surface area contributed by atoms with Gasteiger partial charge < -0.3 is 4.42 Å². The molecule has 0 saturated heterocycles. The Hall–Kier alpha value is -8.55. The maximum atomic E-state index is 6.71. The van der Waals surface area contributed by atoms with E-state index in [4.69, 9.17) is 19.4 Å². The summed E-state index contributed by atoms with van der Waals surface area (Å²) in [6, 6.07) is 77.2. The van der Waals surface area contributed by atoms with E-state index in [0.29, 0.717) is 17.5 Å². The van der Waals surface area contributed by atoms with Gasteiger partial charge >= 0.3 is 0 Å². The Labute approximate surface area is 409 Å². The fourth-order valence-electron chi connectivity index (χ4n) is 12.0. The number of benzene rings is 10. The number of rotatable bonds is 4. The topological polar surface area (TPSA) is 51.8 Å². The molecule has 0 unspecified atom stereocenters. The standard InChI is InChI=1S/C64H35N3OS2/c1-6-20-49-39(13-1)40-14-2-7-21-50(40)64(49)51-22-8-3-15-41(51)42-30-27-37(35-52(42)64)36-28-31-53-48(33-36)59-45(18-11-23-54(59)68-53)62-65-61(38-29-32-57-47(34-38)43-16-4-9-24-55(43)69-57)66-63(67-62)46-19-12-26-58-60(46)44-17-5-10-25-56(44)70-58/h1-35H. The maximum Gasteiger partial charge on any atom is 0.164 e. The number of furan rings is 1. The molecular formula is C64H35N3OS2. The normalized spacial score (nSPS) is 13.3. The highest BCUT2D eigenvalue weighted by Crippen LogP contribution is 2.63. The summed E-state index contributed by atoms with van der Waals surface area (Å²) in [7, 11) is 0. The van der Waals surface area contributed by atoms with Gasteiger partial charge in [0.15, 0.2) is 17.5 Å². The second kappa shape index (κ2) is 14.2. The monoisotopic (exact) mass is 925 g/mol. The third-order valence-corrected chi connectivity index (χ3v) is 17.3. The summed E-state index contributed by atoms with van der Waals surface area (Å²) < 4.78 is 11.6. The Kier molecular flexibility index (Phi) is 7.82. The van der Waals surface area contributed by atoms with Gasteiger partial charge in [0.1, 0.15) is 11.2 Å². The molecule has 4 nitrogen and oxygen atoms in total. The largest absolute Gasteiger partial charge is 0.456 e. The first-order chi connectivity index (χ1) is 34.7. The Morgan fingerprint density at radius 2 is 0.800 bits per heavy atom. The third kappa shape index (κ3) is 5.21. The molecular weight excluding hydrogens is 891 g/mol. The Bertz CT molecular complexity index is 4510. The maximum absolute atomic E-state index is 6.71. The highest BCUT2D eigenvalue weighted by molar-refractivity contribution is 7.26. The van der Waals surface area contributed by atoms with E-state index in [1.807, 2.05) is 11.3 Å². The lowest BCUT2D eigenvalue weighted by Gasteiger charge is -2.30. The Morgan fingerprint density at radius 1 is 0.300 bits per heavy atom. The molecule has 0 bridgehead atoms. The van der Waals surface area contributed by atoms with Crippen LogP contribution in [0.5, 0.6) is 0 Å². The van der Waals surface area contributed by atoms with E-state index in [1.54, 1.807) is 11.3 Å². The third-order valence-electron chi connectivity index (χ3n) is 15.0. The van der Waals surface area contributed by atoms with Gasteiger partial charge in [-0.05, 0) is 116 Å².